The number of pyridine rings is 1. The molecule has 210 valence electrons. The largest absolute Gasteiger partial charge is 0.453 e. The van der Waals surface area contributed by atoms with Crippen LogP contribution in [-0.2, 0) is 0 Å². The van der Waals surface area contributed by atoms with Crippen LogP contribution in [0.15, 0.2) is 115 Å². The molecule has 0 atom stereocenters. The van der Waals surface area contributed by atoms with Crippen molar-refractivity contribution in [1.29, 1.82) is 0 Å². The molecule has 0 fully saturated rings. The van der Waals surface area contributed by atoms with Crippen molar-refractivity contribution in [2.75, 3.05) is 4.90 Å². The molecule has 3 aliphatic heterocycles. The molecule has 0 saturated carbocycles. The molecule has 6 aromatic carbocycles. The highest BCUT2D eigenvalue weighted by Gasteiger charge is 2.45. The maximum Gasteiger partial charge on any atom is 0.252 e. The topological polar surface area (TPSA) is 30.3 Å². The fourth-order valence-electron chi connectivity index (χ4n) is 8.54. The third-order valence-electron chi connectivity index (χ3n) is 10.2. The van der Waals surface area contributed by atoms with Crippen molar-refractivity contribution in [3.63, 3.8) is 0 Å². The van der Waals surface area contributed by atoms with Crippen LogP contribution in [0.1, 0.15) is 25.5 Å². The van der Waals surface area contributed by atoms with Crippen molar-refractivity contribution in [1.82, 2.24) is 9.55 Å². The normalized spacial score (nSPS) is 13.8. The number of rotatable bonds is 1. The van der Waals surface area contributed by atoms with Gasteiger partial charge in [0.1, 0.15) is 0 Å². The van der Waals surface area contributed by atoms with Crippen molar-refractivity contribution in [3.8, 4) is 17.2 Å². The maximum absolute atomic E-state index is 6.61. The van der Waals surface area contributed by atoms with Gasteiger partial charge in [-0.3, -0.25) is 0 Å². The molecule has 4 nitrogen and oxygen atoms in total. The van der Waals surface area contributed by atoms with E-state index in [2.05, 4.69) is 139 Å². The molecule has 0 radical (unpaired) electrons. The molecule has 11 rings (SSSR count). The van der Waals surface area contributed by atoms with Gasteiger partial charge in [-0.2, -0.15) is 0 Å². The number of hydrogen-bond donors (Lipinski definition) is 0. The van der Waals surface area contributed by atoms with Crippen LogP contribution >= 0.6 is 0 Å². The number of nitrogens with zero attached hydrogens (tertiary/aromatic N) is 3. The van der Waals surface area contributed by atoms with E-state index in [1.807, 2.05) is 0 Å². The van der Waals surface area contributed by atoms with E-state index in [0.29, 0.717) is 0 Å². The van der Waals surface area contributed by atoms with Gasteiger partial charge in [0, 0.05) is 32.7 Å². The molecule has 5 heteroatoms. The molecule has 45 heavy (non-hydrogen) atoms. The molecule has 3 aliphatic rings. The monoisotopic (exact) mass is 575 g/mol. The third-order valence-corrected chi connectivity index (χ3v) is 10.2. The van der Waals surface area contributed by atoms with E-state index < -0.39 is 0 Å². The zero-order valence-corrected chi connectivity index (χ0v) is 24.9. The van der Waals surface area contributed by atoms with Crippen LogP contribution in [0, 0.1) is 0 Å². The molecule has 2 aromatic heterocycles. The number of aromatic nitrogens is 2. The Morgan fingerprint density at radius 1 is 0.622 bits per heavy atom. The van der Waals surface area contributed by atoms with Gasteiger partial charge in [0.2, 0.25) is 0 Å². The predicted octanol–water partition coefficient (Wildman–Crippen LogP) is 8.33. The van der Waals surface area contributed by atoms with Crippen molar-refractivity contribution in [3.05, 3.63) is 121 Å². The average molecular weight is 575 g/mol. The minimum absolute atomic E-state index is 0.0377. The molecule has 0 N–H and O–H groups in total. The van der Waals surface area contributed by atoms with Gasteiger partial charge in [0.05, 0.1) is 33.8 Å². The van der Waals surface area contributed by atoms with E-state index in [9.17, 15) is 0 Å². The second kappa shape index (κ2) is 8.13. The lowest BCUT2D eigenvalue weighted by atomic mass is 9.33. The summed E-state index contributed by atoms with van der Waals surface area (Å²) in [6.07, 6.45) is 0. The summed E-state index contributed by atoms with van der Waals surface area (Å²) in [5.74, 6) is 2.05. The number of anilines is 3. The van der Waals surface area contributed by atoms with Gasteiger partial charge in [-0.05, 0) is 58.0 Å². The molecular weight excluding hydrogens is 549 g/mol. The molecule has 0 amide bonds. The first-order valence-electron chi connectivity index (χ1n) is 15.8. The smallest absolute Gasteiger partial charge is 0.252 e. The fraction of sp³-hybridized carbons (Fsp3) is 0.0750. The average Bonchev–Trinajstić information content (AvgIpc) is 3.42. The van der Waals surface area contributed by atoms with Crippen LogP contribution in [0.4, 0.5) is 17.1 Å². The van der Waals surface area contributed by atoms with Gasteiger partial charge >= 0.3 is 0 Å². The van der Waals surface area contributed by atoms with Crippen LogP contribution in [0.3, 0.4) is 0 Å². The number of fused-ring (bicyclic) bond motifs is 13. The van der Waals surface area contributed by atoms with Gasteiger partial charge in [0.15, 0.2) is 11.5 Å². The summed E-state index contributed by atoms with van der Waals surface area (Å²) in [5.41, 5.74) is 13.2. The van der Waals surface area contributed by atoms with Crippen LogP contribution in [-0.4, -0.2) is 16.3 Å². The Bertz CT molecular complexity index is 2630. The van der Waals surface area contributed by atoms with Crippen LogP contribution < -0.4 is 26.0 Å². The van der Waals surface area contributed by atoms with E-state index >= 15 is 0 Å². The predicted molar refractivity (Wildman–Crippen MR) is 187 cm³/mol. The quantitative estimate of drug-likeness (QED) is 0.146. The minimum Gasteiger partial charge on any atom is -0.453 e. The second-order valence-electron chi connectivity index (χ2n) is 12.9. The van der Waals surface area contributed by atoms with Gasteiger partial charge in [-0.1, -0.05) is 98.8 Å². The summed E-state index contributed by atoms with van der Waals surface area (Å²) in [5, 5.41) is 6.20. The summed E-state index contributed by atoms with van der Waals surface area (Å²) in [6.45, 7) is 4.55. The summed E-state index contributed by atoms with van der Waals surface area (Å²) in [6, 6.07) is 41.9. The summed E-state index contributed by atoms with van der Waals surface area (Å²) in [4.78, 5) is 8.07. The van der Waals surface area contributed by atoms with E-state index in [1.165, 1.54) is 65.7 Å². The fourth-order valence-corrected chi connectivity index (χ4v) is 8.54. The molecule has 0 saturated heterocycles. The minimum atomic E-state index is 0.0377. The molecule has 8 aromatic rings. The number of benzene rings is 6. The lowest BCUT2D eigenvalue weighted by Crippen LogP contribution is -2.60. The Kier molecular flexibility index (Phi) is 4.31. The summed E-state index contributed by atoms with van der Waals surface area (Å²) in [7, 11) is 0. The van der Waals surface area contributed by atoms with E-state index in [1.54, 1.807) is 0 Å². The van der Waals surface area contributed by atoms with Crippen molar-refractivity contribution in [2.24, 2.45) is 0 Å². The second-order valence-corrected chi connectivity index (χ2v) is 12.9. The maximum atomic E-state index is 6.61. The highest BCUT2D eigenvalue weighted by atomic mass is 16.5. The Balaban J connectivity index is 1.44. The highest BCUT2D eigenvalue weighted by Crippen LogP contribution is 2.53. The first kappa shape index (κ1) is 23.9. The number of ether oxygens (including phenoxy) is 1. The Hall–Kier alpha value is -5.55. The van der Waals surface area contributed by atoms with Gasteiger partial charge in [-0.25, -0.2) is 4.98 Å². The van der Waals surface area contributed by atoms with Crippen molar-refractivity contribution < 1.29 is 4.74 Å². The summed E-state index contributed by atoms with van der Waals surface area (Å²) < 4.78 is 9.14. The number of hydrogen-bond acceptors (Lipinski definition) is 3. The Morgan fingerprint density at radius 3 is 2.22 bits per heavy atom. The highest BCUT2D eigenvalue weighted by molar-refractivity contribution is 7.00. The van der Waals surface area contributed by atoms with Gasteiger partial charge in [-0.15, -0.1) is 0 Å². The molecular formula is C40H26BN3O. The van der Waals surface area contributed by atoms with Crippen molar-refractivity contribution >= 4 is 83.6 Å². The van der Waals surface area contributed by atoms with Crippen LogP contribution in [0.2, 0.25) is 0 Å². The Morgan fingerprint density at radius 2 is 1.33 bits per heavy atom. The van der Waals surface area contributed by atoms with Crippen LogP contribution in [0.5, 0.6) is 11.5 Å². The van der Waals surface area contributed by atoms with E-state index in [4.69, 9.17) is 9.72 Å². The first-order chi connectivity index (χ1) is 22.2. The lowest BCUT2D eigenvalue weighted by molar-refractivity contribution is 0.477. The summed E-state index contributed by atoms with van der Waals surface area (Å²) >= 11 is 0. The third kappa shape index (κ3) is 2.79. The molecule has 0 spiro atoms. The standard InChI is InChI=1S/C40H26BN3O/c1-22(2)36-25-13-4-3-11-23(25)27-21-32-35-40(37(27)42-36)44-30-17-6-5-12-24(30)26-14-9-15-28(38(26)44)41(35)29-16-10-20-34-39(29)43(32)31-18-7-8-19-33(31)45-34/h3-22H,1-2H3. The molecule has 0 unspecified atom stereocenters. The molecule has 0 bridgehead atoms. The van der Waals surface area contributed by atoms with Gasteiger partial charge < -0.3 is 14.2 Å². The van der Waals surface area contributed by atoms with Crippen molar-refractivity contribution in [2.45, 2.75) is 19.8 Å². The van der Waals surface area contributed by atoms with E-state index in [-0.39, 0.29) is 12.6 Å². The van der Waals surface area contributed by atoms with Crippen LogP contribution in [0.25, 0.3) is 49.2 Å². The lowest BCUT2D eigenvalue weighted by Gasteiger charge is -2.43. The molecule has 0 aliphatic carbocycles. The first-order valence-corrected chi connectivity index (χ1v) is 15.8. The zero-order valence-electron chi connectivity index (χ0n) is 24.9. The van der Waals surface area contributed by atoms with E-state index in [0.717, 1.165) is 34.1 Å². The zero-order chi connectivity index (χ0) is 29.6. The SMILES string of the molecule is CC(C)c1nc2c3c4c(cc2c2ccccc12)N1c2ccccc2Oc2cccc(c21)B4c1cccc2c4ccccc4n-3c12. The number of para-hydroxylation sites is 5. The Labute approximate surface area is 260 Å². The molecule has 5 heterocycles. The van der Waals surface area contributed by atoms with Gasteiger partial charge in [0.25, 0.3) is 6.71 Å².